The van der Waals surface area contributed by atoms with Gasteiger partial charge in [-0.15, -0.1) is 0 Å². The lowest BCUT2D eigenvalue weighted by atomic mass is 10.1. The largest absolute Gasteiger partial charge is 0.427 e. The van der Waals surface area contributed by atoms with Gasteiger partial charge >= 0.3 is 6.01 Å². The van der Waals surface area contributed by atoms with Crippen molar-refractivity contribution in [1.29, 1.82) is 0 Å². The molecule has 0 spiro atoms. The van der Waals surface area contributed by atoms with Crippen LogP contribution in [0.5, 0.6) is 0 Å². The molecule has 0 saturated carbocycles. The number of hydrogen-bond donors (Lipinski definition) is 0. The molecular formula is C19H18ClN5O. The Morgan fingerprint density at radius 1 is 1.12 bits per heavy atom. The average Bonchev–Trinajstić information content (AvgIpc) is 3.37. The van der Waals surface area contributed by atoms with Gasteiger partial charge in [0.1, 0.15) is 17.3 Å². The molecule has 26 heavy (non-hydrogen) atoms. The summed E-state index contributed by atoms with van der Waals surface area (Å²) < 4.78 is 9.85. The topological polar surface area (TPSA) is 61.7 Å². The predicted molar refractivity (Wildman–Crippen MR) is 99.4 cm³/mol. The number of hydrogen-bond acceptors (Lipinski definition) is 4. The first-order chi connectivity index (χ1) is 12.7. The van der Waals surface area contributed by atoms with Gasteiger partial charge in [-0.1, -0.05) is 23.7 Å². The summed E-state index contributed by atoms with van der Waals surface area (Å²) in [7, 11) is 0. The SMILES string of the molecule is Cc1nccn1-c1nc(-c2ccc(Cl)cc2)c(CCCn2cccn2)o1. The number of benzene rings is 1. The predicted octanol–water partition coefficient (Wildman–Crippen LogP) is 4.32. The smallest absolute Gasteiger partial charge is 0.307 e. The Hall–Kier alpha value is -2.86. The number of halogens is 1. The molecule has 0 N–H and O–H groups in total. The second kappa shape index (κ2) is 7.17. The Bertz CT molecular complexity index is 986. The van der Waals surface area contributed by atoms with Gasteiger partial charge in [0, 0.05) is 48.3 Å². The van der Waals surface area contributed by atoms with E-state index in [0.29, 0.717) is 11.0 Å². The van der Waals surface area contributed by atoms with Crippen molar-refractivity contribution in [2.75, 3.05) is 0 Å². The van der Waals surface area contributed by atoms with Gasteiger partial charge in [-0.25, -0.2) is 4.98 Å². The second-order valence-electron chi connectivity index (χ2n) is 5.99. The molecule has 4 rings (SSSR count). The summed E-state index contributed by atoms with van der Waals surface area (Å²) in [6.07, 6.45) is 8.99. The first kappa shape index (κ1) is 16.6. The third-order valence-corrected chi connectivity index (χ3v) is 4.44. The highest BCUT2D eigenvalue weighted by atomic mass is 35.5. The van der Waals surface area contributed by atoms with E-state index < -0.39 is 0 Å². The molecule has 0 aliphatic rings. The van der Waals surface area contributed by atoms with E-state index in [1.54, 1.807) is 12.4 Å². The number of aryl methyl sites for hydroxylation is 3. The maximum Gasteiger partial charge on any atom is 0.307 e. The van der Waals surface area contributed by atoms with Crippen LogP contribution in [0, 0.1) is 6.92 Å². The zero-order valence-electron chi connectivity index (χ0n) is 14.3. The number of rotatable bonds is 6. The summed E-state index contributed by atoms with van der Waals surface area (Å²) in [5.74, 6) is 1.68. The van der Waals surface area contributed by atoms with Crippen molar-refractivity contribution in [3.05, 3.63) is 71.7 Å². The van der Waals surface area contributed by atoms with Gasteiger partial charge in [0.15, 0.2) is 0 Å². The molecule has 3 aromatic heterocycles. The van der Waals surface area contributed by atoms with Crippen molar-refractivity contribution < 1.29 is 4.42 Å². The zero-order valence-corrected chi connectivity index (χ0v) is 15.1. The molecule has 0 fully saturated rings. The van der Waals surface area contributed by atoms with Crippen molar-refractivity contribution in [3.63, 3.8) is 0 Å². The molecule has 1 aromatic carbocycles. The third kappa shape index (κ3) is 3.41. The molecule has 7 heteroatoms. The Morgan fingerprint density at radius 2 is 1.96 bits per heavy atom. The molecule has 0 aliphatic carbocycles. The Balaban J connectivity index is 1.64. The lowest BCUT2D eigenvalue weighted by Gasteiger charge is -2.02. The van der Waals surface area contributed by atoms with Crippen molar-refractivity contribution in [1.82, 2.24) is 24.3 Å². The maximum atomic E-state index is 6.09. The maximum absolute atomic E-state index is 6.09. The minimum atomic E-state index is 0.527. The molecule has 0 aliphatic heterocycles. The summed E-state index contributed by atoms with van der Waals surface area (Å²) in [6, 6.07) is 10.1. The quantitative estimate of drug-likeness (QED) is 0.509. The van der Waals surface area contributed by atoms with Crippen LogP contribution in [0.1, 0.15) is 18.0 Å². The van der Waals surface area contributed by atoms with Gasteiger partial charge in [0.25, 0.3) is 0 Å². The van der Waals surface area contributed by atoms with Crippen LogP contribution in [-0.4, -0.2) is 24.3 Å². The fourth-order valence-corrected chi connectivity index (χ4v) is 2.99. The van der Waals surface area contributed by atoms with Gasteiger partial charge in [0.05, 0.1) is 0 Å². The van der Waals surface area contributed by atoms with Gasteiger partial charge < -0.3 is 4.42 Å². The molecule has 0 bridgehead atoms. The van der Waals surface area contributed by atoms with E-state index in [1.807, 2.05) is 58.9 Å². The summed E-state index contributed by atoms with van der Waals surface area (Å²) in [4.78, 5) is 8.97. The molecule has 3 heterocycles. The molecule has 6 nitrogen and oxygen atoms in total. The Kier molecular flexibility index (Phi) is 4.58. The number of oxazole rings is 1. The van der Waals surface area contributed by atoms with Crippen LogP contribution < -0.4 is 0 Å². The van der Waals surface area contributed by atoms with Crippen LogP contribution in [0.25, 0.3) is 17.3 Å². The minimum absolute atomic E-state index is 0.527. The van der Waals surface area contributed by atoms with Crippen LogP contribution in [0.2, 0.25) is 5.02 Å². The number of imidazole rings is 1. The van der Waals surface area contributed by atoms with Crippen molar-refractivity contribution in [3.8, 4) is 17.3 Å². The van der Waals surface area contributed by atoms with E-state index in [-0.39, 0.29) is 0 Å². The van der Waals surface area contributed by atoms with Gasteiger partial charge in [-0.3, -0.25) is 9.25 Å². The lowest BCUT2D eigenvalue weighted by Crippen LogP contribution is -2.00. The van der Waals surface area contributed by atoms with Crippen LogP contribution in [-0.2, 0) is 13.0 Å². The third-order valence-electron chi connectivity index (χ3n) is 4.19. The molecule has 4 aromatic rings. The summed E-state index contributed by atoms with van der Waals surface area (Å²) >= 11 is 6.02. The zero-order chi connectivity index (χ0) is 17.9. The Morgan fingerprint density at radius 3 is 2.65 bits per heavy atom. The van der Waals surface area contributed by atoms with Crippen LogP contribution in [0.15, 0.2) is 59.5 Å². The van der Waals surface area contributed by atoms with Crippen LogP contribution >= 0.6 is 11.6 Å². The summed E-state index contributed by atoms with van der Waals surface area (Å²) in [6.45, 7) is 2.75. The fraction of sp³-hybridized carbons (Fsp3) is 0.211. The van der Waals surface area contributed by atoms with Gasteiger partial charge in [0.2, 0.25) is 0 Å². The summed E-state index contributed by atoms with van der Waals surface area (Å²) in [5.41, 5.74) is 1.82. The average molecular weight is 368 g/mol. The van der Waals surface area contributed by atoms with Crippen LogP contribution in [0.3, 0.4) is 0 Å². The normalized spacial score (nSPS) is 11.2. The fourth-order valence-electron chi connectivity index (χ4n) is 2.86. The highest BCUT2D eigenvalue weighted by molar-refractivity contribution is 6.30. The molecule has 0 unspecified atom stereocenters. The molecule has 0 saturated heterocycles. The minimum Gasteiger partial charge on any atom is -0.427 e. The second-order valence-corrected chi connectivity index (χ2v) is 6.43. The van der Waals surface area contributed by atoms with Crippen molar-refractivity contribution >= 4 is 11.6 Å². The molecular weight excluding hydrogens is 350 g/mol. The van der Waals surface area contributed by atoms with Gasteiger partial charge in [-0.2, -0.15) is 10.1 Å². The van der Waals surface area contributed by atoms with E-state index >= 15 is 0 Å². The Labute approximate surface area is 156 Å². The van der Waals surface area contributed by atoms with Crippen molar-refractivity contribution in [2.24, 2.45) is 0 Å². The monoisotopic (exact) mass is 367 g/mol. The number of aromatic nitrogens is 5. The first-order valence-corrected chi connectivity index (χ1v) is 8.82. The lowest BCUT2D eigenvalue weighted by molar-refractivity contribution is 0.462. The van der Waals surface area contributed by atoms with E-state index in [4.69, 9.17) is 21.0 Å². The van der Waals surface area contributed by atoms with Crippen LogP contribution in [0.4, 0.5) is 0 Å². The van der Waals surface area contributed by atoms with E-state index in [0.717, 1.165) is 42.2 Å². The highest BCUT2D eigenvalue weighted by Gasteiger charge is 2.17. The molecule has 132 valence electrons. The molecule has 0 amide bonds. The first-order valence-electron chi connectivity index (χ1n) is 8.44. The van der Waals surface area contributed by atoms with E-state index in [2.05, 4.69) is 10.1 Å². The van der Waals surface area contributed by atoms with E-state index in [1.165, 1.54) is 0 Å². The standard InChI is InChI=1S/C19H18ClN5O/c1-14-21-10-13-25(14)19-23-18(15-5-7-16(20)8-6-15)17(26-19)4-2-11-24-12-3-9-22-24/h3,5-10,12-13H,2,4,11H2,1H3. The summed E-state index contributed by atoms with van der Waals surface area (Å²) in [5, 5.41) is 4.94. The number of nitrogens with zero attached hydrogens (tertiary/aromatic N) is 5. The molecule has 0 atom stereocenters. The van der Waals surface area contributed by atoms with E-state index in [9.17, 15) is 0 Å². The van der Waals surface area contributed by atoms with Gasteiger partial charge in [-0.05, 0) is 31.5 Å². The van der Waals surface area contributed by atoms with Crippen molar-refractivity contribution in [2.45, 2.75) is 26.3 Å². The highest BCUT2D eigenvalue weighted by Crippen LogP contribution is 2.28. The molecule has 0 radical (unpaired) electrons.